The molecule has 0 bridgehead atoms. The molecule has 6 rings (SSSR count). The Hall–Kier alpha value is -4.90. The SMILES string of the molecule is Cc1cccc(Oc2ccc3c(c2F)C2OCCN2C=C2C3=C(c3ccc([N+](=O)[O-])cc3)N(C)/C2=N/C=N)n1. The van der Waals surface area contributed by atoms with Gasteiger partial charge in [0.2, 0.25) is 5.88 Å². The highest BCUT2D eigenvalue weighted by Gasteiger charge is 2.42. The normalized spacial score (nSPS) is 18.9. The number of ether oxygens (including phenoxy) is 2. The average Bonchev–Trinajstić information content (AvgIpc) is 3.44. The lowest BCUT2D eigenvalue weighted by Crippen LogP contribution is -2.23. The van der Waals surface area contributed by atoms with E-state index >= 15 is 4.39 Å². The smallest absolute Gasteiger partial charge is 0.269 e. The van der Waals surface area contributed by atoms with E-state index in [1.807, 2.05) is 29.0 Å². The zero-order chi connectivity index (χ0) is 27.3. The number of nitro benzene ring substituents is 1. The van der Waals surface area contributed by atoms with Gasteiger partial charge < -0.3 is 19.3 Å². The Morgan fingerprint density at radius 2 is 2.03 bits per heavy atom. The van der Waals surface area contributed by atoms with Crippen LogP contribution < -0.4 is 4.74 Å². The number of hydrogen-bond acceptors (Lipinski definition) is 7. The number of halogens is 1. The van der Waals surface area contributed by atoms with Crippen molar-refractivity contribution in [1.82, 2.24) is 14.8 Å². The molecular formula is C28H23FN6O4. The summed E-state index contributed by atoms with van der Waals surface area (Å²) in [6, 6.07) is 14.8. The molecule has 1 saturated heterocycles. The molecule has 1 unspecified atom stereocenters. The van der Waals surface area contributed by atoms with E-state index in [9.17, 15) is 10.1 Å². The van der Waals surface area contributed by atoms with Gasteiger partial charge in [-0.05, 0) is 48.4 Å². The largest absolute Gasteiger partial charge is 0.436 e. The van der Waals surface area contributed by atoms with Crippen molar-refractivity contribution in [2.75, 3.05) is 20.2 Å². The van der Waals surface area contributed by atoms with Gasteiger partial charge in [0.05, 0.1) is 17.2 Å². The first-order chi connectivity index (χ1) is 18.9. The summed E-state index contributed by atoms with van der Waals surface area (Å²) in [5.74, 6) is 0.217. The maximum absolute atomic E-state index is 16.4. The van der Waals surface area contributed by atoms with Gasteiger partial charge in [-0.25, -0.2) is 14.4 Å². The standard InChI is InChI=1S/C28H23FN6O4/c1-16-4-3-5-22(32-16)39-21-11-10-19-23-20(14-34-12-13-38-28(34)24(19)25(21)29)27(31-15-30)33(2)26(23)17-6-8-18(9-7-17)35(36)37/h3-11,14-15,28,30H,12-13H2,1-2H3/b30-15?,31-27+. The molecule has 0 amide bonds. The van der Waals surface area contributed by atoms with Crippen LogP contribution in [0.4, 0.5) is 10.1 Å². The highest BCUT2D eigenvalue weighted by atomic mass is 19.1. The molecule has 4 heterocycles. The summed E-state index contributed by atoms with van der Waals surface area (Å²) < 4.78 is 28.2. The zero-order valence-corrected chi connectivity index (χ0v) is 21.1. The van der Waals surface area contributed by atoms with Crippen molar-refractivity contribution < 1.29 is 18.8 Å². The molecule has 1 N–H and O–H groups in total. The van der Waals surface area contributed by atoms with Crippen LogP contribution in [0.5, 0.6) is 11.6 Å². The third-order valence-electron chi connectivity index (χ3n) is 6.90. The molecule has 1 aromatic heterocycles. The minimum atomic E-state index is -0.704. The van der Waals surface area contributed by atoms with Crippen LogP contribution in [0.25, 0.3) is 11.3 Å². The fourth-order valence-corrected chi connectivity index (χ4v) is 5.21. The Kier molecular flexibility index (Phi) is 5.92. The summed E-state index contributed by atoms with van der Waals surface area (Å²) >= 11 is 0. The number of aliphatic imine (C=N–C) groups is 1. The second-order valence-electron chi connectivity index (χ2n) is 9.23. The monoisotopic (exact) mass is 526 g/mol. The summed E-state index contributed by atoms with van der Waals surface area (Å²) in [5.41, 5.74) is 4.31. The molecule has 0 radical (unpaired) electrons. The Bertz CT molecular complexity index is 1610. The summed E-state index contributed by atoms with van der Waals surface area (Å²) in [5, 5.41) is 18.9. The summed E-state index contributed by atoms with van der Waals surface area (Å²) in [7, 11) is 1.80. The topological polar surface area (TPSA) is 117 Å². The predicted octanol–water partition coefficient (Wildman–Crippen LogP) is 5.28. The number of aryl methyl sites for hydroxylation is 1. The van der Waals surface area contributed by atoms with E-state index in [-0.39, 0.29) is 17.3 Å². The van der Waals surface area contributed by atoms with Crippen molar-refractivity contribution in [1.29, 1.82) is 5.41 Å². The zero-order valence-electron chi connectivity index (χ0n) is 21.1. The van der Waals surface area contributed by atoms with Crippen molar-refractivity contribution in [3.05, 3.63) is 105 Å². The van der Waals surface area contributed by atoms with Crippen LogP contribution in [0.1, 0.15) is 28.6 Å². The number of nitrogens with one attached hydrogen (secondary N) is 1. The van der Waals surface area contributed by atoms with Gasteiger partial charge in [-0.2, -0.15) is 0 Å². The number of hydrogen-bond donors (Lipinski definition) is 1. The third kappa shape index (κ3) is 4.03. The third-order valence-corrected chi connectivity index (χ3v) is 6.90. The molecule has 0 spiro atoms. The number of non-ortho nitro benzene ring substituents is 1. The Morgan fingerprint density at radius 3 is 2.74 bits per heavy atom. The molecule has 10 nitrogen and oxygen atoms in total. The van der Waals surface area contributed by atoms with Crippen LogP contribution in [-0.2, 0) is 4.74 Å². The van der Waals surface area contributed by atoms with E-state index in [1.54, 1.807) is 43.4 Å². The number of nitrogens with zero attached hydrogens (tertiary/aromatic N) is 5. The van der Waals surface area contributed by atoms with Gasteiger partial charge in [0.15, 0.2) is 17.8 Å². The lowest BCUT2D eigenvalue weighted by atomic mass is 9.92. The van der Waals surface area contributed by atoms with Crippen LogP contribution in [-0.4, -0.2) is 52.1 Å². The van der Waals surface area contributed by atoms with Gasteiger partial charge in [0.25, 0.3) is 5.69 Å². The highest BCUT2D eigenvalue weighted by Crippen LogP contribution is 2.49. The number of fused-ring (bicyclic) bond motifs is 5. The predicted molar refractivity (Wildman–Crippen MR) is 143 cm³/mol. The number of benzene rings is 2. The summed E-state index contributed by atoms with van der Waals surface area (Å²) in [4.78, 5) is 23.2. The quantitative estimate of drug-likeness (QED) is 0.208. The minimum absolute atomic E-state index is 0.0166. The lowest BCUT2D eigenvalue weighted by molar-refractivity contribution is -0.384. The Labute approximate surface area is 223 Å². The molecule has 196 valence electrons. The molecule has 11 heteroatoms. The number of aromatic nitrogens is 1. The van der Waals surface area contributed by atoms with E-state index in [0.29, 0.717) is 52.5 Å². The van der Waals surface area contributed by atoms with Crippen LogP contribution in [0.2, 0.25) is 0 Å². The Balaban J connectivity index is 1.59. The number of rotatable bonds is 5. The number of nitro groups is 1. The molecular weight excluding hydrogens is 503 g/mol. The van der Waals surface area contributed by atoms with Crippen molar-refractivity contribution >= 4 is 29.1 Å². The van der Waals surface area contributed by atoms with E-state index in [1.165, 1.54) is 12.1 Å². The van der Waals surface area contributed by atoms with Gasteiger partial charge in [0, 0.05) is 60.4 Å². The first-order valence-electron chi connectivity index (χ1n) is 12.2. The van der Waals surface area contributed by atoms with E-state index in [2.05, 4.69) is 9.98 Å². The number of amidine groups is 1. The molecule has 3 aliphatic heterocycles. The molecule has 1 atom stereocenters. The molecule has 1 fully saturated rings. The van der Waals surface area contributed by atoms with Crippen LogP contribution in [0.3, 0.4) is 0 Å². The first-order valence-corrected chi connectivity index (χ1v) is 12.2. The van der Waals surface area contributed by atoms with Crippen LogP contribution >= 0.6 is 0 Å². The van der Waals surface area contributed by atoms with Gasteiger partial charge in [0.1, 0.15) is 12.2 Å². The number of pyridine rings is 1. The van der Waals surface area contributed by atoms with Gasteiger partial charge in [-0.15, -0.1) is 0 Å². The van der Waals surface area contributed by atoms with Crippen LogP contribution in [0.15, 0.2) is 71.4 Å². The molecule has 0 saturated carbocycles. The second kappa shape index (κ2) is 9.44. The molecule has 3 aromatic rings. The fourth-order valence-electron chi connectivity index (χ4n) is 5.21. The molecule has 39 heavy (non-hydrogen) atoms. The summed E-state index contributed by atoms with van der Waals surface area (Å²) in [6.07, 6.45) is 2.13. The van der Waals surface area contributed by atoms with Gasteiger partial charge >= 0.3 is 0 Å². The fraction of sp³-hybridized carbons (Fsp3) is 0.179. The van der Waals surface area contributed by atoms with Crippen molar-refractivity contribution in [3.8, 4) is 11.6 Å². The maximum atomic E-state index is 16.4. The van der Waals surface area contributed by atoms with Gasteiger partial charge in [-0.1, -0.05) is 6.07 Å². The van der Waals surface area contributed by atoms with Crippen molar-refractivity contribution in [2.45, 2.75) is 13.2 Å². The lowest BCUT2D eigenvalue weighted by Gasteiger charge is -2.24. The Morgan fingerprint density at radius 1 is 1.23 bits per heavy atom. The first kappa shape index (κ1) is 24.4. The van der Waals surface area contributed by atoms with Crippen molar-refractivity contribution in [3.63, 3.8) is 0 Å². The number of likely N-dealkylation sites (N-methyl/N-ethyl adjacent to an activating group) is 1. The second-order valence-corrected chi connectivity index (χ2v) is 9.23. The average molecular weight is 527 g/mol. The minimum Gasteiger partial charge on any atom is -0.436 e. The molecule has 3 aliphatic rings. The van der Waals surface area contributed by atoms with E-state index in [4.69, 9.17) is 14.9 Å². The van der Waals surface area contributed by atoms with Gasteiger partial charge in [-0.3, -0.25) is 15.5 Å². The van der Waals surface area contributed by atoms with Crippen LogP contribution in [0, 0.1) is 28.3 Å². The van der Waals surface area contributed by atoms with E-state index < -0.39 is 17.0 Å². The van der Waals surface area contributed by atoms with Crippen molar-refractivity contribution in [2.24, 2.45) is 4.99 Å². The highest BCUT2D eigenvalue weighted by molar-refractivity contribution is 6.27. The van der Waals surface area contributed by atoms with E-state index in [0.717, 1.165) is 12.0 Å². The molecule has 2 aromatic carbocycles. The maximum Gasteiger partial charge on any atom is 0.269 e. The molecule has 0 aliphatic carbocycles. The summed E-state index contributed by atoms with van der Waals surface area (Å²) in [6.45, 7) is 2.76.